The Bertz CT molecular complexity index is 928. The van der Waals surface area contributed by atoms with Gasteiger partial charge in [-0.3, -0.25) is 9.62 Å². The molecule has 0 bridgehead atoms. The number of ether oxygens (including phenoxy) is 1. The number of amides is 2. The van der Waals surface area contributed by atoms with Crippen molar-refractivity contribution in [3.8, 4) is 5.75 Å². The first kappa shape index (κ1) is 18.1. The number of benzene rings is 2. The maximum atomic E-state index is 12.8. The first-order valence-corrected chi connectivity index (χ1v) is 9.81. The van der Waals surface area contributed by atoms with Crippen molar-refractivity contribution in [3.05, 3.63) is 48.0 Å². The van der Waals surface area contributed by atoms with E-state index in [-0.39, 0.29) is 10.9 Å². The van der Waals surface area contributed by atoms with Gasteiger partial charge in [0.15, 0.2) is 0 Å². The van der Waals surface area contributed by atoms with Crippen LogP contribution in [0, 0.1) is 0 Å². The third-order valence-corrected chi connectivity index (χ3v) is 5.51. The fourth-order valence-electron chi connectivity index (χ4n) is 2.93. The van der Waals surface area contributed by atoms with Crippen LogP contribution in [0.15, 0.2) is 47.4 Å². The van der Waals surface area contributed by atoms with Gasteiger partial charge in [-0.1, -0.05) is 12.1 Å². The standard InChI is InChI=1S/C18H21N3O4S/c1-3-25-17-7-5-4-6-15(17)20-26(23,24)14-8-9-16-13(12-14)10-11-21(16)18(22)19-2/h4-9,12,20H,3,10-11H2,1-2H3,(H,19,22). The van der Waals surface area contributed by atoms with E-state index in [1.807, 2.05) is 6.92 Å². The minimum atomic E-state index is -3.77. The third-order valence-electron chi connectivity index (χ3n) is 4.15. The fraction of sp³-hybridized carbons (Fsp3) is 0.278. The quantitative estimate of drug-likeness (QED) is 0.841. The van der Waals surface area contributed by atoms with Crippen LogP contribution in [0.25, 0.3) is 0 Å². The third kappa shape index (κ3) is 3.45. The Kier molecular flexibility index (Phi) is 5.03. The molecule has 3 rings (SSSR count). The smallest absolute Gasteiger partial charge is 0.321 e. The molecule has 2 amide bonds. The molecule has 0 spiro atoms. The molecule has 0 saturated carbocycles. The molecule has 0 fully saturated rings. The summed E-state index contributed by atoms with van der Waals surface area (Å²) in [5.41, 5.74) is 1.95. The van der Waals surface area contributed by atoms with Crippen LogP contribution in [0.2, 0.25) is 0 Å². The van der Waals surface area contributed by atoms with Crippen molar-refractivity contribution in [1.29, 1.82) is 0 Å². The van der Waals surface area contributed by atoms with Gasteiger partial charge < -0.3 is 10.1 Å². The van der Waals surface area contributed by atoms with Crippen molar-refractivity contribution in [2.24, 2.45) is 0 Å². The molecule has 8 heteroatoms. The Hall–Kier alpha value is -2.74. The van der Waals surface area contributed by atoms with E-state index in [1.54, 1.807) is 48.3 Å². The summed E-state index contributed by atoms with van der Waals surface area (Å²) < 4.78 is 33.6. The first-order chi connectivity index (χ1) is 12.5. The number of hydrogen-bond acceptors (Lipinski definition) is 4. The number of fused-ring (bicyclic) bond motifs is 1. The number of sulfonamides is 1. The summed E-state index contributed by atoms with van der Waals surface area (Å²) in [6.07, 6.45) is 0.613. The number of rotatable bonds is 5. The van der Waals surface area contributed by atoms with Crippen LogP contribution in [0.5, 0.6) is 5.75 Å². The molecular formula is C18H21N3O4S. The lowest BCUT2D eigenvalue weighted by Crippen LogP contribution is -2.36. The average Bonchev–Trinajstić information content (AvgIpc) is 3.06. The lowest BCUT2D eigenvalue weighted by atomic mass is 10.2. The molecule has 138 valence electrons. The van der Waals surface area contributed by atoms with Crippen molar-refractivity contribution in [2.45, 2.75) is 18.2 Å². The minimum absolute atomic E-state index is 0.154. The highest BCUT2D eigenvalue weighted by atomic mass is 32.2. The Labute approximate surface area is 153 Å². The molecule has 1 aliphatic rings. The maximum Gasteiger partial charge on any atom is 0.321 e. The monoisotopic (exact) mass is 375 g/mol. The molecule has 7 nitrogen and oxygen atoms in total. The number of urea groups is 1. The largest absolute Gasteiger partial charge is 0.492 e. The summed E-state index contributed by atoms with van der Waals surface area (Å²) >= 11 is 0. The summed E-state index contributed by atoms with van der Waals surface area (Å²) in [5, 5.41) is 2.59. The number of nitrogens with zero attached hydrogens (tertiary/aromatic N) is 1. The molecule has 1 aliphatic heterocycles. The molecule has 2 aromatic carbocycles. The topological polar surface area (TPSA) is 87.7 Å². The summed E-state index contributed by atoms with van der Waals surface area (Å²) in [5.74, 6) is 0.477. The highest BCUT2D eigenvalue weighted by Crippen LogP contribution is 2.32. The van der Waals surface area contributed by atoms with E-state index >= 15 is 0 Å². The zero-order valence-corrected chi connectivity index (χ0v) is 15.5. The van der Waals surface area contributed by atoms with Gasteiger partial charge in [-0.05, 0) is 49.2 Å². The average molecular weight is 375 g/mol. The predicted octanol–water partition coefficient (Wildman–Crippen LogP) is 2.59. The molecular weight excluding hydrogens is 354 g/mol. The van der Waals surface area contributed by atoms with Crippen molar-refractivity contribution in [3.63, 3.8) is 0 Å². The van der Waals surface area contributed by atoms with Crippen molar-refractivity contribution in [1.82, 2.24) is 5.32 Å². The predicted molar refractivity (Wildman–Crippen MR) is 100 cm³/mol. The number of carbonyl (C=O) groups excluding carboxylic acids is 1. The minimum Gasteiger partial charge on any atom is -0.492 e. The lowest BCUT2D eigenvalue weighted by Gasteiger charge is -2.17. The Morgan fingerprint density at radius 1 is 1.23 bits per heavy atom. The molecule has 2 N–H and O–H groups in total. The second-order valence-corrected chi connectivity index (χ2v) is 7.46. The van der Waals surface area contributed by atoms with Crippen LogP contribution in [0.4, 0.5) is 16.2 Å². The molecule has 0 saturated heterocycles. The maximum absolute atomic E-state index is 12.8. The highest BCUT2D eigenvalue weighted by molar-refractivity contribution is 7.92. The van der Waals surface area contributed by atoms with Crippen molar-refractivity contribution < 1.29 is 17.9 Å². The molecule has 0 atom stereocenters. The van der Waals surface area contributed by atoms with Gasteiger partial charge in [0.2, 0.25) is 0 Å². The van der Waals surface area contributed by atoms with Crippen LogP contribution in [0.3, 0.4) is 0 Å². The SMILES string of the molecule is CCOc1ccccc1NS(=O)(=O)c1ccc2c(c1)CCN2C(=O)NC. The van der Waals surface area contributed by atoms with Crippen LogP contribution < -0.4 is 19.7 Å². The summed E-state index contributed by atoms with van der Waals surface area (Å²) in [7, 11) is -2.20. The lowest BCUT2D eigenvalue weighted by molar-refractivity contribution is 0.248. The van der Waals surface area contributed by atoms with Crippen molar-refractivity contribution in [2.75, 3.05) is 29.8 Å². The molecule has 26 heavy (non-hydrogen) atoms. The van der Waals surface area contributed by atoms with Crippen LogP contribution in [0.1, 0.15) is 12.5 Å². The van der Waals surface area contributed by atoms with Gasteiger partial charge in [0, 0.05) is 19.3 Å². The highest BCUT2D eigenvalue weighted by Gasteiger charge is 2.26. The van der Waals surface area contributed by atoms with Crippen LogP contribution in [-0.2, 0) is 16.4 Å². The molecule has 2 aromatic rings. The zero-order valence-electron chi connectivity index (χ0n) is 14.7. The zero-order chi connectivity index (χ0) is 18.7. The molecule has 0 aliphatic carbocycles. The Morgan fingerprint density at radius 3 is 2.73 bits per heavy atom. The Balaban J connectivity index is 1.89. The van der Waals surface area contributed by atoms with Gasteiger partial charge in [-0.25, -0.2) is 13.2 Å². The van der Waals surface area contributed by atoms with E-state index in [0.717, 1.165) is 11.3 Å². The molecule has 0 unspecified atom stereocenters. The number of nitrogens with one attached hydrogen (secondary N) is 2. The normalized spacial score (nSPS) is 13.2. The second-order valence-electron chi connectivity index (χ2n) is 5.78. The summed E-state index contributed by atoms with van der Waals surface area (Å²) in [6, 6.07) is 11.5. The number of hydrogen-bond donors (Lipinski definition) is 2. The molecule has 0 radical (unpaired) electrons. The van der Waals surface area contributed by atoms with Crippen LogP contribution >= 0.6 is 0 Å². The molecule has 1 heterocycles. The van der Waals surface area contributed by atoms with Crippen LogP contribution in [-0.4, -0.2) is 34.6 Å². The first-order valence-electron chi connectivity index (χ1n) is 8.33. The van der Waals surface area contributed by atoms with Crippen molar-refractivity contribution >= 4 is 27.4 Å². The van der Waals surface area contributed by atoms with E-state index in [0.29, 0.717) is 31.0 Å². The van der Waals surface area contributed by atoms with Gasteiger partial charge in [-0.2, -0.15) is 0 Å². The van der Waals surface area contributed by atoms with E-state index < -0.39 is 10.0 Å². The van der Waals surface area contributed by atoms with Gasteiger partial charge in [0.1, 0.15) is 5.75 Å². The summed E-state index contributed by atoms with van der Waals surface area (Å²) in [6.45, 7) is 2.80. The number of para-hydroxylation sites is 2. The van der Waals surface area contributed by atoms with E-state index in [1.165, 1.54) is 6.07 Å². The second kappa shape index (κ2) is 7.25. The van der Waals surface area contributed by atoms with E-state index in [4.69, 9.17) is 4.74 Å². The van der Waals surface area contributed by atoms with Gasteiger partial charge >= 0.3 is 6.03 Å². The summed E-state index contributed by atoms with van der Waals surface area (Å²) in [4.78, 5) is 13.6. The molecule has 0 aromatic heterocycles. The van der Waals surface area contributed by atoms with E-state index in [2.05, 4.69) is 10.0 Å². The van der Waals surface area contributed by atoms with E-state index in [9.17, 15) is 13.2 Å². The van der Waals surface area contributed by atoms with Gasteiger partial charge in [0.25, 0.3) is 10.0 Å². The Morgan fingerprint density at radius 2 is 2.00 bits per heavy atom. The van der Waals surface area contributed by atoms with Gasteiger partial charge in [-0.15, -0.1) is 0 Å². The fourth-order valence-corrected chi connectivity index (χ4v) is 4.05. The van der Waals surface area contributed by atoms with Gasteiger partial charge in [0.05, 0.1) is 17.2 Å². The number of anilines is 2. The number of carbonyl (C=O) groups is 1.